The van der Waals surface area contributed by atoms with Crippen LogP contribution in [0, 0.1) is 0 Å². The van der Waals surface area contributed by atoms with E-state index >= 15 is 0 Å². The van der Waals surface area contributed by atoms with Crippen molar-refractivity contribution in [2.75, 3.05) is 6.61 Å². The van der Waals surface area contributed by atoms with Crippen LogP contribution < -0.4 is 0 Å². The fourth-order valence-electron chi connectivity index (χ4n) is 1.65. The molecule has 0 radical (unpaired) electrons. The molecule has 0 atom stereocenters. The van der Waals surface area contributed by atoms with Crippen molar-refractivity contribution in [1.82, 2.24) is 10.2 Å². The second-order valence-corrected chi connectivity index (χ2v) is 3.91. The number of aromatic nitrogens is 2. The van der Waals surface area contributed by atoms with Crippen LogP contribution in [-0.4, -0.2) is 22.4 Å². The van der Waals surface area contributed by atoms with Crippen LogP contribution in [0.15, 0.2) is 6.20 Å². The van der Waals surface area contributed by atoms with Crippen molar-refractivity contribution in [3.8, 4) is 0 Å². The second kappa shape index (κ2) is 2.59. The average Bonchev–Trinajstić information content (AvgIpc) is 2.31. The highest BCUT2D eigenvalue weighted by molar-refractivity contribution is 5.19. The molecule has 0 saturated carbocycles. The zero-order valence-electron chi connectivity index (χ0n) is 7.55. The van der Waals surface area contributed by atoms with Crippen LogP contribution in [0.4, 0.5) is 0 Å². The molecular weight excluding hydrogens is 152 g/mol. The minimum absolute atomic E-state index is 0.0326. The molecule has 12 heavy (non-hydrogen) atoms. The van der Waals surface area contributed by atoms with E-state index in [-0.39, 0.29) is 5.60 Å². The summed E-state index contributed by atoms with van der Waals surface area (Å²) in [6.45, 7) is 5.03. The first-order valence-corrected chi connectivity index (χ1v) is 4.32. The summed E-state index contributed by atoms with van der Waals surface area (Å²) in [6.07, 6.45) is 3.82. The number of H-pyrrole nitrogens is 1. The predicted octanol–water partition coefficient (Wildman–Crippen LogP) is 1.30. The van der Waals surface area contributed by atoms with Gasteiger partial charge in [-0.05, 0) is 19.4 Å². The fraction of sp³-hybridized carbons (Fsp3) is 0.667. The van der Waals surface area contributed by atoms with E-state index in [4.69, 9.17) is 4.74 Å². The van der Waals surface area contributed by atoms with Gasteiger partial charge in [-0.2, -0.15) is 5.10 Å². The summed E-state index contributed by atoms with van der Waals surface area (Å²) >= 11 is 0. The average molecular weight is 166 g/mol. The van der Waals surface area contributed by atoms with Crippen LogP contribution >= 0.6 is 0 Å². The van der Waals surface area contributed by atoms with E-state index < -0.39 is 0 Å². The standard InChI is InChI=1S/C9H14N2O/c1-9(2)5-7-6-10-11-8(7)3-4-12-9/h6H,3-5H2,1-2H3,(H,10,11). The Bertz CT molecular complexity index is 278. The maximum atomic E-state index is 5.68. The van der Waals surface area contributed by atoms with Gasteiger partial charge in [0.05, 0.1) is 18.4 Å². The highest BCUT2D eigenvalue weighted by Crippen LogP contribution is 2.22. The van der Waals surface area contributed by atoms with E-state index in [1.807, 2.05) is 6.20 Å². The smallest absolute Gasteiger partial charge is 0.0668 e. The first kappa shape index (κ1) is 7.80. The fourth-order valence-corrected chi connectivity index (χ4v) is 1.65. The van der Waals surface area contributed by atoms with Gasteiger partial charge in [0.25, 0.3) is 0 Å². The molecule has 2 rings (SSSR count). The molecule has 1 aliphatic heterocycles. The summed E-state index contributed by atoms with van der Waals surface area (Å²) in [5, 5.41) is 7.04. The van der Waals surface area contributed by atoms with Crippen LogP contribution in [0.1, 0.15) is 25.1 Å². The number of hydrogen-bond acceptors (Lipinski definition) is 2. The molecule has 3 nitrogen and oxygen atoms in total. The van der Waals surface area contributed by atoms with Crippen LogP contribution in [0.25, 0.3) is 0 Å². The van der Waals surface area contributed by atoms with Crippen LogP contribution in [0.5, 0.6) is 0 Å². The lowest BCUT2D eigenvalue weighted by molar-refractivity contribution is -0.0106. The van der Waals surface area contributed by atoms with Gasteiger partial charge in [0.1, 0.15) is 0 Å². The van der Waals surface area contributed by atoms with E-state index in [1.54, 1.807) is 0 Å². The molecule has 1 aliphatic rings. The molecule has 1 aromatic rings. The number of nitrogens with zero attached hydrogens (tertiary/aromatic N) is 1. The molecule has 0 unspecified atom stereocenters. The zero-order chi connectivity index (χ0) is 8.60. The largest absolute Gasteiger partial charge is 0.375 e. The summed E-state index contributed by atoms with van der Waals surface area (Å²) in [4.78, 5) is 0. The summed E-state index contributed by atoms with van der Waals surface area (Å²) in [5.74, 6) is 0. The number of hydrogen-bond donors (Lipinski definition) is 1. The van der Waals surface area contributed by atoms with Gasteiger partial charge < -0.3 is 4.74 Å². The number of rotatable bonds is 0. The predicted molar refractivity (Wildman–Crippen MR) is 46.0 cm³/mol. The van der Waals surface area contributed by atoms with E-state index in [9.17, 15) is 0 Å². The molecule has 0 fully saturated rings. The highest BCUT2D eigenvalue weighted by Gasteiger charge is 2.24. The lowest BCUT2D eigenvalue weighted by Crippen LogP contribution is -2.26. The van der Waals surface area contributed by atoms with Crippen molar-refractivity contribution in [3.05, 3.63) is 17.5 Å². The van der Waals surface area contributed by atoms with E-state index in [0.29, 0.717) is 0 Å². The quantitative estimate of drug-likeness (QED) is 0.631. The van der Waals surface area contributed by atoms with Crippen molar-refractivity contribution in [2.45, 2.75) is 32.3 Å². The van der Waals surface area contributed by atoms with Crippen LogP contribution in [0.3, 0.4) is 0 Å². The van der Waals surface area contributed by atoms with Gasteiger partial charge in [0, 0.05) is 18.5 Å². The molecule has 0 bridgehead atoms. The minimum atomic E-state index is -0.0326. The lowest BCUT2D eigenvalue weighted by atomic mass is 10.00. The number of nitrogens with one attached hydrogen (secondary N) is 1. The Balaban J connectivity index is 2.30. The van der Waals surface area contributed by atoms with Crippen molar-refractivity contribution >= 4 is 0 Å². The molecule has 1 N–H and O–H groups in total. The lowest BCUT2D eigenvalue weighted by Gasteiger charge is -2.22. The molecule has 3 heteroatoms. The molecule has 66 valence electrons. The maximum Gasteiger partial charge on any atom is 0.0668 e. The molecule has 0 saturated heterocycles. The first-order chi connectivity index (χ1) is 5.67. The van der Waals surface area contributed by atoms with Gasteiger partial charge in [0.2, 0.25) is 0 Å². The second-order valence-electron chi connectivity index (χ2n) is 3.91. The van der Waals surface area contributed by atoms with E-state index in [2.05, 4.69) is 24.0 Å². The third kappa shape index (κ3) is 1.37. The third-order valence-corrected chi connectivity index (χ3v) is 2.27. The van der Waals surface area contributed by atoms with E-state index in [0.717, 1.165) is 19.4 Å². The Morgan fingerprint density at radius 2 is 2.42 bits per heavy atom. The topological polar surface area (TPSA) is 37.9 Å². The van der Waals surface area contributed by atoms with Gasteiger partial charge in [-0.3, -0.25) is 5.10 Å². The Labute approximate surface area is 72.1 Å². The van der Waals surface area contributed by atoms with Crippen LogP contribution in [-0.2, 0) is 17.6 Å². The van der Waals surface area contributed by atoms with E-state index in [1.165, 1.54) is 11.3 Å². The number of ether oxygens (including phenoxy) is 1. The molecule has 0 spiro atoms. The Morgan fingerprint density at radius 3 is 3.25 bits per heavy atom. The molecule has 0 aromatic carbocycles. The summed E-state index contributed by atoms with van der Waals surface area (Å²) in [5.41, 5.74) is 2.51. The molecule has 2 heterocycles. The minimum Gasteiger partial charge on any atom is -0.375 e. The van der Waals surface area contributed by atoms with Gasteiger partial charge >= 0.3 is 0 Å². The van der Waals surface area contributed by atoms with Crippen molar-refractivity contribution < 1.29 is 4.74 Å². The highest BCUT2D eigenvalue weighted by atomic mass is 16.5. The van der Waals surface area contributed by atoms with Gasteiger partial charge in [-0.1, -0.05) is 0 Å². The molecule has 1 aromatic heterocycles. The summed E-state index contributed by atoms with van der Waals surface area (Å²) in [7, 11) is 0. The van der Waals surface area contributed by atoms with Gasteiger partial charge in [0.15, 0.2) is 0 Å². The maximum absolute atomic E-state index is 5.68. The SMILES string of the molecule is CC1(C)Cc2cn[nH]c2CCO1. The number of fused-ring (bicyclic) bond motifs is 1. The monoisotopic (exact) mass is 166 g/mol. The van der Waals surface area contributed by atoms with Crippen molar-refractivity contribution in [3.63, 3.8) is 0 Å². The molecule has 0 amide bonds. The van der Waals surface area contributed by atoms with Gasteiger partial charge in [-0.15, -0.1) is 0 Å². The Morgan fingerprint density at radius 1 is 1.58 bits per heavy atom. The number of aromatic amines is 1. The third-order valence-electron chi connectivity index (χ3n) is 2.27. The van der Waals surface area contributed by atoms with Crippen LogP contribution in [0.2, 0.25) is 0 Å². The Hall–Kier alpha value is -0.830. The summed E-state index contributed by atoms with van der Waals surface area (Å²) in [6, 6.07) is 0. The molecule has 0 aliphatic carbocycles. The zero-order valence-corrected chi connectivity index (χ0v) is 7.55. The normalized spacial score (nSPS) is 21.5. The Kier molecular flexibility index (Phi) is 1.68. The van der Waals surface area contributed by atoms with Crippen molar-refractivity contribution in [1.29, 1.82) is 0 Å². The first-order valence-electron chi connectivity index (χ1n) is 4.32. The summed E-state index contributed by atoms with van der Waals surface area (Å²) < 4.78 is 5.68. The molecular formula is C9H14N2O. The van der Waals surface area contributed by atoms with Gasteiger partial charge in [-0.25, -0.2) is 0 Å². The van der Waals surface area contributed by atoms with Crippen molar-refractivity contribution in [2.24, 2.45) is 0 Å².